The lowest BCUT2D eigenvalue weighted by Gasteiger charge is -2.27. The fraction of sp³-hybridized carbons (Fsp3) is 0.471. The maximum absolute atomic E-state index is 4.84. The van der Waals surface area contributed by atoms with Crippen molar-refractivity contribution in [2.45, 2.75) is 39.2 Å². The number of benzene rings is 1. The second-order valence-corrected chi connectivity index (χ2v) is 6.23. The monoisotopic (exact) mass is 282 g/mol. The summed E-state index contributed by atoms with van der Waals surface area (Å²) < 4.78 is 2.20. The van der Waals surface area contributed by atoms with Crippen molar-refractivity contribution in [1.29, 1.82) is 0 Å². The van der Waals surface area contributed by atoms with Gasteiger partial charge in [-0.15, -0.1) is 0 Å². The number of nitrogens with one attached hydrogen (secondary N) is 2. The molecule has 0 fully saturated rings. The standard InChI is InChI=1S/C17H22N4/c1-11-5-6-13(10-12(11)2)15-7-9-19-17-14-4-3-8-18-16(14)20-21(15)17/h5-6,10,15,19H,3-4,7-9H2,1-2H3,(H,18,20). The van der Waals surface area contributed by atoms with E-state index in [1.165, 1.54) is 34.5 Å². The van der Waals surface area contributed by atoms with E-state index in [0.717, 1.165) is 31.7 Å². The number of hydrogen-bond donors (Lipinski definition) is 2. The molecule has 21 heavy (non-hydrogen) atoms. The molecule has 0 spiro atoms. The Morgan fingerprint density at radius 2 is 2.05 bits per heavy atom. The van der Waals surface area contributed by atoms with Gasteiger partial charge in [0, 0.05) is 18.7 Å². The topological polar surface area (TPSA) is 41.9 Å². The van der Waals surface area contributed by atoms with Crippen LogP contribution in [0.2, 0.25) is 0 Å². The molecule has 1 aromatic heterocycles. The van der Waals surface area contributed by atoms with Gasteiger partial charge in [-0.3, -0.25) is 0 Å². The molecule has 0 amide bonds. The minimum Gasteiger partial charge on any atom is -0.370 e. The van der Waals surface area contributed by atoms with E-state index in [0.29, 0.717) is 6.04 Å². The first-order valence-corrected chi connectivity index (χ1v) is 7.90. The highest BCUT2D eigenvalue weighted by atomic mass is 15.4. The van der Waals surface area contributed by atoms with Crippen LogP contribution >= 0.6 is 0 Å². The second-order valence-electron chi connectivity index (χ2n) is 6.23. The van der Waals surface area contributed by atoms with Crippen molar-refractivity contribution in [2.75, 3.05) is 23.7 Å². The SMILES string of the molecule is Cc1ccc(C2CCNc3c4c(nn32)NCCC4)cc1C. The molecule has 1 aromatic carbocycles. The van der Waals surface area contributed by atoms with E-state index < -0.39 is 0 Å². The summed E-state index contributed by atoms with van der Waals surface area (Å²) in [4.78, 5) is 0. The van der Waals surface area contributed by atoms with Gasteiger partial charge in [0.15, 0.2) is 5.82 Å². The summed E-state index contributed by atoms with van der Waals surface area (Å²) in [5.41, 5.74) is 5.47. The number of fused-ring (bicyclic) bond motifs is 3. The largest absolute Gasteiger partial charge is 0.370 e. The molecule has 0 aliphatic carbocycles. The van der Waals surface area contributed by atoms with Gasteiger partial charge in [-0.25, -0.2) is 4.68 Å². The molecular weight excluding hydrogens is 260 g/mol. The average molecular weight is 282 g/mol. The summed E-state index contributed by atoms with van der Waals surface area (Å²) in [7, 11) is 0. The van der Waals surface area contributed by atoms with Crippen LogP contribution in [-0.4, -0.2) is 22.9 Å². The van der Waals surface area contributed by atoms with Crippen LogP contribution in [0.15, 0.2) is 18.2 Å². The van der Waals surface area contributed by atoms with E-state index >= 15 is 0 Å². The number of aryl methyl sites for hydroxylation is 2. The van der Waals surface area contributed by atoms with Gasteiger partial charge in [-0.05, 0) is 49.8 Å². The Balaban J connectivity index is 1.79. The number of rotatable bonds is 1. The molecule has 2 aliphatic heterocycles. The van der Waals surface area contributed by atoms with Crippen molar-refractivity contribution in [1.82, 2.24) is 9.78 Å². The first kappa shape index (κ1) is 12.7. The average Bonchev–Trinajstić information content (AvgIpc) is 2.89. The third-order valence-corrected chi connectivity index (χ3v) is 4.83. The highest BCUT2D eigenvalue weighted by Gasteiger charge is 2.28. The van der Waals surface area contributed by atoms with Gasteiger partial charge in [-0.2, -0.15) is 5.10 Å². The lowest BCUT2D eigenvalue weighted by molar-refractivity contribution is 0.482. The van der Waals surface area contributed by atoms with Crippen molar-refractivity contribution in [3.05, 3.63) is 40.5 Å². The van der Waals surface area contributed by atoms with E-state index in [1.807, 2.05) is 0 Å². The Morgan fingerprint density at radius 3 is 2.90 bits per heavy atom. The minimum atomic E-state index is 0.355. The first-order chi connectivity index (χ1) is 10.2. The molecule has 4 heteroatoms. The zero-order valence-electron chi connectivity index (χ0n) is 12.7. The van der Waals surface area contributed by atoms with Crippen LogP contribution in [0.4, 0.5) is 11.6 Å². The zero-order valence-corrected chi connectivity index (χ0v) is 12.7. The molecule has 1 unspecified atom stereocenters. The first-order valence-electron chi connectivity index (χ1n) is 7.90. The van der Waals surface area contributed by atoms with E-state index in [2.05, 4.69) is 47.4 Å². The molecule has 1 atom stereocenters. The normalized spacial score (nSPS) is 20.2. The Hall–Kier alpha value is -1.97. The Morgan fingerprint density at radius 1 is 1.14 bits per heavy atom. The Bertz CT molecular complexity index is 686. The summed E-state index contributed by atoms with van der Waals surface area (Å²) in [6, 6.07) is 7.17. The number of hydrogen-bond acceptors (Lipinski definition) is 3. The van der Waals surface area contributed by atoms with Crippen LogP contribution in [-0.2, 0) is 6.42 Å². The van der Waals surface area contributed by atoms with Crippen molar-refractivity contribution in [2.24, 2.45) is 0 Å². The van der Waals surface area contributed by atoms with Gasteiger partial charge in [0.2, 0.25) is 0 Å². The molecule has 4 nitrogen and oxygen atoms in total. The third kappa shape index (κ3) is 2.01. The van der Waals surface area contributed by atoms with Crippen LogP contribution in [0.25, 0.3) is 0 Å². The minimum absolute atomic E-state index is 0.355. The van der Waals surface area contributed by atoms with Gasteiger partial charge in [0.25, 0.3) is 0 Å². The van der Waals surface area contributed by atoms with E-state index in [-0.39, 0.29) is 0 Å². The number of aromatic nitrogens is 2. The van der Waals surface area contributed by atoms with E-state index in [4.69, 9.17) is 5.10 Å². The van der Waals surface area contributed by atoms with Gasteiger partial charge in [0.1, 0.15) is 5.82 Å². The summed E-state index contributed by atoms with van der Waals surface area (Å²) in [6.07, 6.45) is 3.42. The Labute approximate surface area is 125 Å². The van der Waals surface area contributed by atoms with Crippen LogP contribution in [0.3, 0.4) is 0 Å². The van der Waals surface area contributed by atoms with Crippen molar-refractivity contribution in [3.8, 4) is 0 Å². The van der Waals surface area contributed by atoms with Gasteiger partial charge in [-0.1, -0.05) is 18.2 Å². The van der Waals surface area contributed by atoms with Gasteiger partial charge in [0.05, 0.1) is 6.04 Å². The fourth-order valence-corrected chi connectivity index (χ4v) is 3.46. The second kappa shape index (κ2) is 4.79. The fourth-order valence-electron chi connectivity index (χ4n) is 3.46. The number of nitrogens with zero attached hydrogens (tertiary/aromatic N) is 2. The van der Waals surface area contributed by atoms with Crippen LogP contribution in [0.5, 0.6) is 0 Å². The molecule has 0 saturated carbocycles. The molecule has 0 saturated heterocycles. The van der Waals surface area contributed by atoms with Crippen molar-refractivity contribution in [3.63, 3.8) is 0 Å². The van der Waals surface area contributed by atoms with Crippen LogP contribution in [0.1, 0.15) is 41.1 Å². The molecule has 4 rings (SSSR count). The predicted molar refractivity (Wildman–Crippen MR) is 86.2 cm³/mol. The van der Waals surface area contributed by atoms with Gasteiger partial charge < -0.3 is 10.6 Å². The molecule has 2 aromatic rings. The number of anilines is 2. The molecule has 0 radical (unpaired) electrons. The lowest BCUT2D eigenvalue weighted by Crippen LogP contribution is -2.25. The molecule has 110 valence electrons. The summed E-state index contributed by atoms with van der Waals surface area (Å²) in [5.74, 6) is 2.31. The molecule has 3 heterocycles. The summed E-state index contributed by atoms with van der Waals surface area (Å²) in [5, 5.41) is 11.8. The quantitative estimate of drug-likeness (QED) is 0.843. The van der Waals surface area contributed by atoms with E-state index in [1.54, 1.807) is 0 Å². The molecular formula is C17H22N4. The van der Waals surface area contributed by atoms with Crippen LogP contribution in [0, 0.1) is 13.8 Å². The zero-order chi connectivity index (χ0) is 14.4. The van der Waals surface area contributed by atoms with E-state index in [9.17, 15) is 0 Å². The van der Waals surface area contributed by atoms with Crippen molar-refractivity contribution < 1.29 is 0 Å². The van der Waals surface area contributed by atoms with Crippen LogP contribution < -0.4 is 10.6 Å². The highest BCUT2D eigenvalue weighted by Crippen LogP contribution is 2.37. The molecule has 0 bridgehead atoms. The van der Waals surface area contributed by atoms with Crippen molar-refractivity contribution >= 4 is 11.6 Å². The molecule has 2 aliphatic rings. The third-order valence-electron chi connectivity index (χ3n) is 4.83. The highest BCUT2D eigenvalue weighted by molar-refractivity contribution is 5.62. The summed E-state index contributed by atoms with van der Waals surface area (Å²) >= 11 is 0. The Kier molecular flexibility index (Phi) is 2.91. The smallest absolute Gasteiger partial charge is 0.153 e. The maximum atomic E-state index is 4.84. The van der Waals surface area contributed by atoms with Gasteiger partial charge >= 0.3 is 0 Å². The molecule has 2 N–H and O–H groups in total. The lowest BCUT2D eigenvalue weighted by atomic mass is 9.97. The summed E-state index contributed by atoms with van der Waals surface area (Å²) in [6.45, 7) is 6.42. The predicted octanol–water partition coefficient (Wildman–Crippen LogP) is 3.26. The maximum Gasteiger partial charge on any atom is 0.153 e.